The Morgan fingerprint density at radius 2 is 1.23 bits per heavy atom. The molecule has 0 radical (unpaired) electrons. The highest BCUT2D eigenvalue weighted by molar-refractivity contribution is 9.10. The van der Waals surface area contributed by atoms with Crippen molar-refractivity contribution in [3.8, 4) is 0 Å². The highest BCUT2D eigenvalue weighted by atomic mass is 79.9. The van der Waals surface area contributed by atoms with E-state index in [9.17, 15) is 18.0 Å². The van der Waals surface area contributed by atoms with Crippen LogP contribution >= 0.6 is 15.9 Å². The maximum absolute atomic E-state index is 14.9. The second-order valence-electron chi connectivity index (χ2n) is 10.3. The van der Waals surface area contributed by atoms with Crippen LogP contribution in [0.4, 0.5) is 5.69 Å². The molecule has 43 heavy (non-hydrogen) atoms. The number of carbonyl (C=O) groups excluding carboxylic acids is 2. The van der Waals surface area contributed by atoms with Gasteiger partial charge in [-0.05, 0) is 61.4 Å². The maximum atomic E-state index is 14.9. The van der Waals surface area contributed by atoms with Gasteiger partial charge in [-0.25, -0.2) is 18.0 Å². The van der Waals surface area contributed by atoms with Gasteiger partial charge in [0.1, 0.15) is 6.17 Å². The molecule has 0 saturated carbocycles. The summed E-state index contributed by atoms with van der Waals surface area (Å²) in [6.45, 7) is 3.76. The van der Waals surface area contributed by atoms with Crippen molar-refractivity contribution in [3.05, 3.63) is 130 Å². The van der Waals surface area contributed by atoms with Gasteiger partial charge in [0.15, 0.2) is 0 Å². The predicted molar refractivity (Wildman–Crippen MR) is 167 cm³/mol. The van der Waals surface area contributed by atoms with E-state index in [1.54, 1.807) is 59.5 Å². The Hall–Kier alpha value is -3.99. The Bertz CT molecular complexity index is 1710. The first kappa shape index (κ1) is 30.5. The minimum absolute atomic E-state index is 0.0862. The summed E-state index contributed by atoms with van der Waals surface area (Å²) in [6, 6.07) is 28.5. The standard InChI is InChI=1S/C33H31BrN2O6S/c1-22-10-14-25(15-11-22)30-35(27-18-16-26(34)17-19-27)29(24-8-6-5-7-9-24)33(31(37)41-3,32(38)42-4)36(30)43(39,40)28-20-12-23(2)13-21-28/h5-21,29-30H,1-4H3/t29-,30+/m1/s1. The number of ether oxygens (including phenoxy) is 2. The van der Waals surface area contributed by atoms with Gasteiger partial charge in [0.2, 0.25) is 10.0 Å². The minimum atomic E-state index is -4.59. The summed E-state index contributed by atoms with van der Waals surface area (Å²) in [5, 5.41) is 0. The van der Waals surface area contributed by atoms with Gasteiger partial charge >= 0.3 is 11.9 Å². The van der Waals surface area contributed by atoms with Crippen LogP contribution < -0.4 is 4.90 Å². The summed E-state index contributed by atoms with van der Waals surface area (Å²) < 4.78 is 42.3. The lowest BCUT2D eigenvalue weighted by atomic mass is 9.85. The maximum Gasteiger partial charge on any atom is 0.341 e. The van der Waals surface area contributed by atoms with Gasteiger partial charge in [-0.1, -0.05) is 93.8 Å². The number of rotatable bonds is 7. The van der Waals surface area contributed by atoms with Crippen LogP contribution in [-0.4, -0.2) is 44.4 Å². The smallest absolute Gasteiger partial charge is 0.341 e. The number of esters is 2. The molecule has 0 unspecified atom stereocenters. The van der Waals surface area contributed by atoms with Crippen LogP contribution in [0.25, 0.3) is 0 Å². The van der Waals surface area contributed by atoms with Crippen LogP contribution in [0.15, 0.2) is 112 Å². The third-order valence-electron chi connectivity index (χ3n) is 7.69. The lowest BCUT2D eigenvalue weighted by Gasteiger charge is -2.36. The number of benzene rings is 4. The summed E-state index contributed by atoms with van der Waals surface area (Å²) in [4.78, 5) is 30.2. The number of nitrogens with zero attached hydrogens (tertiary/aromatic N) is 2. The highest BCUT2D eigenvalue weighted by Crippen LogP contribution is 2.56. The van der Waals surface area contributed by atoms with Crippen molar-refractivity contribution in [2.24, 2.45) is 0 Å². The summed E-state index contributed by atoms with van der Waals surface area (Å²) in [5.41, 5.74) is 0.941. The number of aryl methyl sites for hydroxylation is 2. The van der Waals surface area contributed by atoms with Crippen molar-refractivity contribution < 1.29 is 27.5 Å². The van der Waals surface area contributed by atoms with Crippen LogP contribution in [0, 0.1) is 13.8 Å². The quantitative estimate of drug-likeness (QED) is 0.174. The lowest BCUT2D eigenvalue weighted by molar-refractivity contribution is -0.168. The van der Waals surface area contributed by atoms with E-state index < -0.39 is 39.7 Å². The van der Waals surface area contributed by atoms with Gasteiger partial charge < -0.3 is 14.4 Å². The van der Waals surface area contributed by atoms with Crippen molar-refractivity contribution in [2.45, 2.75) is 36.5 Å². The topological polar surface area (TPSA) is 93.2 Å². The van der Waals surface area contributed by atoms with Crippen LogP contribution in [0.5, 0.6) is 0 Å². The molecule has 222 valence electrons. The van der Waals surface area contributed by atoms with Crippen LogP contribution in [0.2, 0.25) is 0 Å². The molecule has 0 aromatic heterocycles. The Balaban J connectivity index is 1.97. The molecule has 2 atom stereocenters. The molecule has 0 N–H and O–H groups in total. The molecule has 1 heterocycles. The largest absolute Gasteiger partial charge is 0.467 e. The molecular formula is C33H31BrN2O6S. The van der Waals surface area contributed by atoms with E-state index in [1.165, 1.54) is 12.1 Å². The molecule has 1 aliphatic rings. The van der Waals surface area contributed by atoms with E-state index in [1.807, 2.05) is 50.2 Å². The molecule has 0 spiro atoms. The van der Waals surface area contributed by atoms with E-state index in [2.05, 4.69) is 15.9 Å². The molecule has 8 nitrogen and oxygen atoms in total. The molecule has 4 aromatic rings. The molecule has 4 aromatic carbocycles. The number of sulfonamides is 1. The molecule has 5 rings (SSSR count). The second-order valence-corrected chi connectivity index (χ2v) is 13.1. The lowest BCUT2D eigenvalue weighted by Crippen LogP contribution is -2.62. The first-order valence-corrected chi connectivity index (χ1v) is 15.7. The normalized spacial score (nSPS) is 18.3. The van der Waals surface area contributed by atoms with Crippen LogP contribution in [0.1, 0.15) is 34.5 Å². The monoisotopic (exact) mass is 662 g/mol. The fourth-order valence-corrected chi connectivity index (χ4v) is 7.77. The fourth-order valence-electron chi connectivity index (χ4n) is 5.69. The van der Waals surface area contributed by atoms with Crippen molar-refractivity contribution in [2.75, 3.05) is 19.1 Å². The average molecular weight is 664 g/mol. The summed E-state index contributed by atoms with van der Waals surface area (Å²) in [6.07, 6.45) is -1.17. The van der Waals surface area contributed by atoms with Crippen LogP contribution in [-0.2, 0) is 29.1 Å². The summed E-state index contributed by atoms with van der Waals surface area (Å²) in [7, 11) is -2.32. The van der Waals surface area contributed by atoms with E-state index in [4.69, 9.17) is 9.47 Å². The second kappa shape index (κ2) is 11.9. The van der Waals surface area contributed by atoms with Gasteiger partial charge in [-0.2, -0.15) is 0 Å². The first-order valence-electron chi connectivity index (χ1n) is 13.5. The van der Waals surface area contributed by atoms with Gasteiger partial charge in [0.05, 0.1) is 25.2 Å². The Morgan fingerprint density at radius 1 is 0.721 bits per heavy atom. The van der Waals surface area contributed by atoms with E-state index in [0.717, 1.165) is 34.1 Å². The van der Waals surface area contributed by atoms with E-state index in [0.29, 0.717) is 16.8 Å². The highest BCUT2D eigenvalue weighted by Gasteiger charge is 2.73. The fraction of sp³-hybridized carbons (Fsp3) is 0.212. The van der Waals surface area contributed by atoms with Gasteiger partial charge in [-0.3, -0.25) is 0 Å². The van der Waals surface area contributed by atoms with E-state index in [-0.39, 0.29) is 4.90 Å². The third kappa shape index (κ3) is 5.13. The first-order chi connectivity index (χ1) is 20.6. The molecule has 0 aliphatic carbocycles. The third-order valence-corrected chi connectivity index (χ3v) is 10.1. The van der Waals surface area contributed by atoms with Crippen LogP contribution in [0.3, 0.4) is 0 Å². The number of carbonyl (C=O) groups is 2. The molecule has 0 amide bonds. The van der Waals surface area contributed by atoms with Crippen molar-refractivity contribution >= 4 is 43.6 Å². The Labute approximate surface area is 260 Å². The number of methoxy groups -OCH3 is 2. The molecular weight excluding hydrogens is 632 g/mol. The summed E-state index contributed by atoms with van der Waals surface area (Å²) >= 11 is 3.48. The molecule has 10 heteroatoms. The molecule has 1 aliphatic heterocycles. The van der Waals surface area contributed by atoms with Crippen molar-refractivity contribution in [1.82, 2.24) is 4.31 Å². The zero-order chi connectivity index (χ0) is 30.9. The Morgan fingerprint density at radius 3 is 1.74 bits per heavy atom. The molecule has 1 saturated heterocycles. The van der Waals surface area contributed by atoms with Gasteiger partial charge in [0, 0.05) is 10.2 Å². The summed E-state index contributed by atoms with van der Waals surface area (Å²) in [5.74, 6) is -2.14. The molecule has 1 fully saturated rings. The number of hydrogen-bond acceptors (Lipinski definition) is 7. The van der Waals surface area contributed by atoms with Crippen molar-refractivity contribution in [3.63, 3.8) is 0 Å². The Kier molecular flexibility index (Phi) is 8.47. The van der Waals surface area contributed by atoms with Gasteiger partial charge in [0.25, 0.3) is 5.54 Å². The average Bonchev–Trinajstić information content (AvgIpc) is 3.35. The SMILES string of the molecule is COC(=O)C1(C(=O)OC)[C@@H](c2ccccc2)N(c2ccc(Br)cc2)[C@H](c2ccc(C)cc2)N1S(=O)(=O)c1ccc(C)cc1. The number of anilines is 1. The zero-order valence-electron chi connectivity index (χ0n) is 24.1. The number of halogens is 1. The van der Waals surface area contributed by atoms with Crippen molar-refractivity contribution in [1.29, 1.82) is 0 Å². The predicted octanol–water partition coefficient (Wildman–Crippen LogP) is 6.10. The van der Waals surface area contributed by atoms with Gasteiger partial charge in [-0.15, -0.1) is 4.31 Å². The molecule has 0 bridgehead atoms. The minimum Gasteiger partial charge on any atom is -0.467 e. The number of hydrogen-bond donors (Lipinski definition) is 0. The van der Waals surface area contributed by atoms with E-state index >= 15 is 0 Å². The zero-order valence-corrected chi connectivity index (χ0v) is 26.5.